The van der Waals surface area contributed by atoms with Crippen molar-refractivity contribution < 1.29 is 0 Å². The molecule has 3 nitrogen and oxygen atoms in total. The van der Waals surface area contributed by atoms with E-state index in [0.29, 0.717) is 11.6 Å². The summed E-state index contributed by atoms with van der Waals surface area (Å²) in [6.07, 6.45) is 0. The van der Waals surface area contributed by atoms with Crippen LogP contribution in [0.1, 0.15) is 5.82 Å². The van der Waals surface area contributed by atoms with Crippen LogP contribution in [0.3, 0.4) is 0 Å². The van der Waals surface area contributed by atoms with E-state index >= 15 is 0 Å². The van der Waals surface area contributed by atoms with Crippen molar-refractivity contribution in [2.75, 3.05) is 5.73 Å². The molecule has 72 valence electrons. The van der Waals surface area contributed by atoms with Gasteiger partial charge in [-0.15, -0.1) is 11.3 Å². The Morgan fingerprint density at radius 1 is 1.36 bits per heavy atom. The van der Waals surface area contributed by atoms with E-state index in [4.69, 9.17) is 5.73 Å². The molecule has 5 heteroatoms. The molecule has 0 saturated carbocycles. The number of aryl methyl sites for hydroxylation is 1. The maximum absolute atomic E-state index is 5.65. The van der Waals surface area contributed by atoms with E-state index in [1.54, 1.807) is 17.4 Å². The van der Waals surface area contributed by atoms with Gasteiger partial charge in [-0.2, -0.15) is 0 Å². The molecule has 14 heavy (non-hydrogen) atoms. The summed E-state index contributed by atoms with van der Waals surface area (Å²) in [4.78, 5) is 9.43. The third-order valence-electron chi connectivity index (χ3n) is 1.68. The van der Waals surface area contributed by atoms with Crippen LogP contribution in [0, 0.1) is 6.92 Å². The van der Waals surface area contributed by atoms with Gasteiger partial charge >= 0.3 is 0 Å². The lowest BCUT2D eigenvalue weighted by atomic mass is 10.3. The first-order chi connectivity index (χ1) is 6.65. The predicted molar refractivity (Wildman–Crippen MR) is 62.2 cm³/mol. The van der Waals surface area contributed by atoms with Crippen LogP contribution in [0.2, 0.25) is 0 Å². The van der Waals surface area contributed by atoms with E-state index in [0.717, 1.165) is 15.0 Å². The molecular formula is C9H8BrN3S. The summed E-state index contributed by atoms with van der Waals surface area (Å²) in [5, 5.41) is 2.02. The number of hydrogen-bond donors (Lipinski definition) is 1. The topological polar surface area (TPSA) is 51.8 Å². The Morgan fingerprint density at radius 2 is 2.14 bits per heavy atom. The number of nitrogens with two attached hydrogens (primary N) is 1. The maximum Gasteiger partial charge on any atom is 0.128 e. The maximum atomic E-state index is 5.65. The van der Waals surface area contributed by atoms with Gasteiger partial charge in [0.05, 0.1) is 10.6 Å². The van der Waals surface area contributed by atoms with Gasteiger partial charge in [0.2, 0.25) is 0 Å². The number of nitrogens with zero attached hydrogens (tertiary/aromatic N) is 2. The van der Waals surface area contributed by atoms with Gasteiger partial charge in [-0.05, 0) is 28.9 Å². The molecule has 0 aliphatic carbocycles. The highest BCUT2D eigenvalue weighted by Crippen LogP contribution is 2.29. The minimum Gasteiger partial charge on any atom is -0.384 e. The van der Waals surface area contributed by atoms with Gasteiger partial charge in [0.25, 0.3) is 0 Å². The van der Waals surface area contributed by atoms with Crippen LogP contribution in [0.5, 0.6) is 0 Å². The molecule has 0 amide bonds. The van der Waals surface area contributed by atoms with E-state index in [9.17, 15) is 0 Å². The van der Waals surface area contributed by atoms with Crippen molar-refractivity contribution in [1.29, 1.82) is 0 Å². The lowest BCUT2D eigenvalue weighted by Crippen LogP contribution is -1.96. The standard InChI is InChI=1S/C9H8BrN3S/c1-5-12-7(3-9(11)13-5)8-2-6(10)4-14-8/h2-4H,1H3,(H2,11,12,13). The zero-order valence-electron chi connectivity index (χ0n) is 7.49. The van der Waals surface area contributed by atoms with E-state index in [-0.39, 0.29) is 0 Å². The Bertz CT molecular complexity index is 447. The van der Waals surface area contributed by atoms with Crippen molar-refractivity contribution in [2.24, 2.45) is 0 Å². The Morgan fingerprint density at radius 3 is 2.71 bits per heavy atom. The van der Waals surface area contributed by atoms with Crippen LogP contribution in [0.4, 0.5) is 5.82 Å². The third kappa shape index (κ3) is 1.93. The van der Waals surface area contributed by atoms with Gasteiger partial charge in [0, 0.05) is 15.9 Å². The minimum atomic E-state index is 0.511. The molecule has 0 saturated heterocycles. The highest BCUT2D eigenvalue weighted by atomic mass is 79.9. The Kier molecular flexibility index (Phi) is 2.52. The van der Waals surface area contributed by atoms with Crippen LogP contribution in [-0.4, -0.2) is 9.97 Å². The van der Waals surface area contributed by atoms with Crippen molar-refractivity contribution in [3.8, 4) is 10.6 Å². The second-order valence-electron chi connectivity index (χ2n) is 2.85. The molecule has 0 aliphatic heterocycles. The summed E-state index contributed by atoms with van der Waals surface area (Å²) in [6.45, 7) is 1.84. The summed E-state index contributed by atoms with van der Waals surface area (Å²) < 4.78 is 1.06. The molecule has 2 N–H and O–H groups in total. The molecule has 2 rings (SSSR count). The first-order valence-corrected chi connectivity index (χ1v) is 5.68. The van der Waals surface area contributed by atoms with Gasteiger partial charge in [0.1, 0.15) is 11.6 Å². The van der Waals surface area contributed by atoms with Crippen LogP contribution in [0.15, 0.2) is 22.0 Å². The highest BCUT2D eigenvalue weighted by molar-refractivity contribution is 9.10. The van der Waals surface area contributed by atoms with Gasteiger partial charge in [-0.25, -0.2) is 9.97 Å². The number of rotatable bonds is 1. The molecule has 0 radical (unpaired) electrons. The minimum absolute atomic E-state index is 0.511. The van der Waals surface area contributed by atoms with Gasteiger partial charge in [0.15, 0.2) is 0 Å². The first kappa shape index (κ1) is 9.61. The molecule has 2 heterocycles. The summed E-state index contributed by atoms with van der Waals surface area (Å²) >= 11 is 5.03. The molecule has 0 fully saturated rings. The summed E-state index contributed by atoms with van der Waals surface area (Å²) in [5.74, 6) is 1.21. The SMILES string of the molecule is Cc1nc(N)cc(-c2cc(Br)cs2)n1. The van der Waals surface area contributed by atoms with E-state index < -0.39 is 0 Å². The second-order valence-corrected chi connectivity index (χ2v) is 4.68. The monoisotopic (exact) mass is 269 g/mol. The normalized spacial score (nSPS) is 10.4. The van der Waals surface area contributed by atoms with Gasteiger partial charge in [-0.1, -0.05) is 0 Å². The van der Waals surface area contributed by atoms with E-state index in [1.807, 2.05) is 18.4 Å². The molecule has 0 unspecified atom stereocenters. The number of anilines is 1. The van der Waals surface area contributed by atoms with E-state index in [2.05, 4.69) is 25.9 Å². The van der Waals surface area contributed by atoms with Gasteiger partial charge in [-0.3, -0.25) is 0 Å². The fourth-order valence-electron chi connectivity index (χ4n) is 1.16. The Balaban J connectivity index is 2.51. The lowest BCUT2D eigenvalue weighted by molar-refractivity contribution is 1.07. The number of thiophene rings is 1. The number of aromatic nitrogens is 2. The average Bonchev–Trinajstić information content (AvgIpc) is 2.50. The third-order valence-corrected chi connectivity index (χ3v) is 3.39. The average molecular weight is 270 g/mol. The molecule has 2 aromatic rings. The molecule has 0 aromatic carbocycles. The summed E-state index contributed by atoms with van der Waals surface area (Å²) in [7, 11) is 0. The predicted octanol–water partition coefficient (Wildman–Crippen LogP) is 2.86. The second kappa shape index (κ2) is 3.67. The van der Waals surface area contributed by atoms with Crippen LogP contribution in [0.25, 0.3) is 10.6 Å². The highest BCUT2D eigenvalue weighted by Gasteiger charge is 2.04. The zero-order valence-corrected chi connectivity index (χ0v) is 9.89. The summed E-state index contributed by atoms with van der Waals surface area (Å²) in [5.41, 5.74) is 6.53. The van der Waals surface area contributed by atoms with Crippen LogP contribution >= 0.6 is 27.3 Å². The van der Waals surface area contributed by atoms with Crippen molar-refractivity contribution in [3.63, 3.8) is 0 Å². The Labute approximate surface area is 94.1 Å². The van der Waals surface area contributed by atoms with Crippen molar-refractivity contribution >= 4 is 33.1 Å². The summed E-state index contributed by atoms with van der Waals surface area (Å²) in [6, 6.07) is 3.80. The quantitative estimate of drug-likeness (QED) is 0.866. The fourth-order valence-corrected chi connectivity index (χ4v) is 2.55. The van der Waals surface area contributed by atoms with Crippen LogP contribution < -0.4 is 5.73 Å². The van der Waals surface area contributed by atoms with E-state index in [1.165, 1.54) is 0 Å². The zero-order chi connectivity index (χ0) is 10.1. The Hall–Kier alpha value is -0.940. The molecular weight excluding hydrogens is 262 g/mol. The first-order valence-electron chi connectivity index (χ1n) is 4.01. The number of halogens is 1. The molecule has 0 spiro atoms. The lowest BCUT2D eigenvalue weighted by Gasteiger charge is -1.99. The largest absolute Gasteiger partial charge is 0.384 e. The van der Waals surface area contributed by atoms with Crippen molar-refractivity contribution in [3.05, 3.63) is 27.8 Å². The van der Waals surface area contributed by atoms with Crippen LogP contribution in [-0.2, 0) is 0 Å². The molecule has 0 atom stereocenters. The van der Waals surface area contributed by atoms with Crippen molar-refractivity contribution in [1.82, 2.24) is 9.97 Å². The van der Waals surface area contributed by atoms with Crippen molar-refractivity contribution in [2.45, 2.75) is 6.92 Å². The fraction of sp³-hybridized carbons (Fsp3) is 0.111. The molecule has 0 aliphatic rings. The number of nitrogen functional groups attached to an aromatic ring is 1. The van der Waals surface area contributed by atoms with Gasteiger partial charge < -0.3 is 5.73 Å². The number of hydrogen-bond acceptors (Lipinski definition) is 4. The molecule has 0 bridgehead atoms. The smallest absolute Gasteiger partial charge is 0.128 e. The molecule has 2 aromatic heterocycles.